The van der Waals surface area contributed by atoms with Crippen molar-refractivity contribution in [1.82, 2.24) is 0 Å². The summed E-state index contributed by atoms with van der Waals surface area (Å²) in [7, 11) is 0. The summed E-state index contributed by atoms with van der Waals surface area (Å²) in [6.45, 7) is 3.25. The van der Waals surface area contributed by atoms with E-state index in [1.807, 2.05) is 0 Å². The van der Waals surface area contributed by atoms with Gasteiger partial charge in [0, 0.05) is 15.6 Å². The minimum atomic E-state index is 0.496. The molecule has 2 aromatic rings. The van der Waals surface area contributed by atoms with Crippen molar-refractivity contribution in [2.24, 2.45) is 0 Å². The normalized spacial score (nSPS) is 12.4. The highest BCUT2D eigenvalue weighted by atomic mass is 79.9. The second-order valence-electron chi connectivity index (χ2n) is 4.27. The molecular weight excluding hydrogens is 274 g/mol. The lowest BCUT2D eigenvalue weighted by Gasteiger charge is -2.11. The van der Waals surface area contributed by atoms with Crippen molar-refractivity contribution < 1.29 is 5.32 Å². The summed E-state index contributed by atoms with van der Waals surface area (Å²) in [5, 5.41) is 2.36. The number of nitrogens with two attached hydrogens (primary N) is 1. The monoisotopic (exact) mass is 290 g/mol. The molecule has 0 radical (unpaired) electrons. The van der Waals surface area contributed by atoms with Gasteiger partial charge in [0.15, 0.2) is 0 Å². The molecule has 0 aliphatic heterocycles. The third-order valence-corrected chi connectivity index (χ3v) is 3.41. The first kappa shape index (κ1) is 12.3. The highest BCUT2D eigenvalue weighted by Gasteiger charge is 2.07. The molecule has 0 saturated carbocycles. The van der Waals surface area contributed by atoms with Crippen molar-refractivity contribution in [2.75, 3.05) is 0 Å². The molecule has 1 nitrogen and oxygen atoms in total. The topological polar surface area (TPSA) is 16.6 Å². The lowest BCUT2D eigenvalue weighted by atomic mass is 10.1. The molecule has 2 aromatic carbocycles. The third-order valence-electron chi connectivity index (χ3n) is 2.92. The van der Waals surface area contributed by atoms with Crippen LogP contribution in [0.25, 0.3) is 0 Å². The lowest BCUT2D eigenvalue weighted by Crippen LogP contribution is -2.83. The van der Waals surface area contributed by atoms with Gasteiger partial charge in [-0.3, -0.25) is 0 Å². The maximum atomic E-state index is 3.50. The fourth-order valence-corrected chi connectivity index (χ4v) is 2.32. The van der Waals surface area contributed by atoms with E-state index in [0.717, 1.165) is 11.0 Å². The summed E-state index contributed by atoms with van der Waals surface area (Å²) < 4.78 is 1.15. The van der Waals surface area contributed by atoms with Crippen molar-refractivity contribution in [3.05, 3.63) is 70.2 Å². The van der Waals surface area contributed by atoms with Gasteiger partial charge in [0.25, 0.3) is 0 Å². The van der Waals surface area contributed by atoms with Crippen molar-refractivity contribution in [3.8, 4) is 0 Å². The van der Waals surface area contributed by atoms with Gasteiger partial charge in [-0.2, -0.15) is 0 Å². The zero-order valence-electron chi connectivity index (χ0n) is 9.94. The second-order valence-corrected chi connectivity index (χ2v) is 5.18. The van der Waals surface area contributed by atoms with Crippen molar-refractivity contribution in [3.63, 3.8) is 0 Å². The van der Waals surface area contributed by atoms with Gasteiger partial charge in [-0.15, -0.1) is 0 Å². The van der Waals surface area contributed by atoms with Crippen LogP contribution in [0.2, 0.25) is 0 Å². The molecule has 17 heavy (non-hydrogen) atoms. The van der Waals surface area contributed by atoms with Gasteiger partial charge in [0.1, 0.15) is 12.6 Å². The van der Waals surface area contributed by atoms with E-state index in [2.05, 4.69) is 82.8 Å². The quantitative estimate of drug-likeness (QED) is 0.890. The van der Waals surface area contributed by atoms with Crippen LogP contribution in [-0.2, 0) is 6.54 Å². The molecule has 2 N–H and O–H groups in total. The second kappa shape index (κ2) is 5.99. The van der Waals surface area contributed by atoms with Crippen LogP contribution in [0, 0.1) is 0 Å². The predicted molar refractivity (Wildman–Crippen MR) is 74.6 cm³/mol. The van der Waals surface area contributed by atoms with Gasteiger partial charge in [-0.25, -0.2) is 0 Å². The van der Waals surface area contributed by atoms with Crippen LogP contribution in [0.5, 0.6) is 0 Å². The maximum Gasteiger partial charge on any atom is 0.109 e. The molecule has 0 saturated heterocycles. The lowest BCUT2D eigenvalue weighted by molar-refractivity contribution is -0.707. The van der Waals surface area contributed by atoms with E-state index >= 15 is 0 Å². The minimum absolute atomic E-state index is 0.496. The highest BCUT2D eigenvalue weighted by Crippen LogP contribution is 2.11. The minimum Gasteiger partial charge on any atom is -0.337 e. The SMILES string of the molecule is C[C@@H]([NH2+]Cc1cccc(Br)c1)c1ccccc1. The Morgan fingerprint density at radius 2 is 1.82 bits per heavy atom. The number of hydrogen-bond donors (Lipinski definition) is 1. The van der Waals surface area contributed by atoms with Gasteiger partial charge in [0.05, 0.1) is 0 Å². The van der Waals surface area contributed by atoms with Gasteiger partial charge in [0.2, 0.25) is 0 Å². The Labute approximate surface area is 111 Å². The first-order valence-corrected chi connectivity index (χ1v) is 6.68. The number of benzene rings is 2. The highest BCUT2D eigenvalue weighted by molar-refractivity contribution is 9.10. The molecule has 0 fully saturated rings. The Hall–Kier alpha value is -1.12. The van der Waals surface area contributed by atoms with E-state index in [4.69, 9.17) is 0 Å². The Morgan fingerprint density at radius 1 is 1.06 bits per heavy atom. The molecule has 88 valence electrons. The molecule has 0 unspecified atom stereocenters. The smallest absolute Gasteiger partial charge is 0.109 e. The number of quaternary nitrogens is 1. The van der Waals surface area contributed by atoms with Gasteiger partial charge >= 0.3 is 0 Å². The van der Waals surface area contributed by atoms with Gasteiger partial charge in [-0.05, 0) is 19.1 Å². The summed E-state index contributed by atoms with van der Waals surface area (Å²) in [5.74, 6) is 0. The number of rotatable bonds is 4. The van der Waals surface area contributed by atoms with E-state index in [9.17, 15) is 0 Å². The average molecular weight is 291 g/mol. The molecular formula is C15H17BrN+. The zero-order chi connectivity index (χ0) is 12.1. The van der Waals surface area contributed by atoms with E-state index in [-0.39, 0.29) is 0 Å². The predicted octanol–water partition coefficient (Wildman–Crippen LogP) is 3.27. The molecule has 0 aliphatic rings. The van der Waals surface area contributed by atoms with Crippen LogP contribution in [-0.4, -0.2) is 0 Å². The molecule has 0 aromatic heterocycles. The van der Waals surface area contributed by atoms with Crippen LogP contribution in [0.3, 0.4) is 0 Å². The Morgan fingerprint density at radius 3 is 2.53 bits per heavy atom. The van der Waals surface area contributed by atoms with Crippen LogP contribution in [0.1, 0.15) is 24.1 Å². The standard InChI is InChI=1S/C15H16BrN/c1-12(14-7-3-2-4-8-14)17-11-13-6-5-9-15(16)10-13/h2-10,12,17H,11H2,1H3/p+1/t12-/m1/s1. The van der Waals surface area contributed by atoms with Crippen LogP contribution in [0.4, 0.5) is 0 Å². The van der Waals surface area contributed by atoms with E-state index in [0.29, 0.717) is 6.04 Å². The number of halogens is 1. The fraction of sp³-hybridized carbons (Fsp3) is 0.200. The van der Waals surface area contributed by atoms with Crippen molar-refractivity contribution >= 4 is 15.9 Å². The van der Waals surface area contributed by atoms with Crippen LogP contribution >= 0.6 is 15.9 Å². The Balaban J connectivity index is 1.95. The summed E-state index contributed by atoms with van der Waals surface area (Å²) in [6, 6.07) is 19.6. The van der Waals surface area contributed by atoms with Crippen molar-refractivity contribution in [1.29, 1.82) is 0 Å². The molecule has 0 aliphatic carbocycles. The fourth-order valence-electron chi connectivity index (χ4n) is 1.87. The van der Waals surface area contributed by atoms with Crippen LogP contribution < -0.4 is 5.32 Å². The summed E-state index contributed by atoms with van der Waals surface area (Å²) in [6.07, 6.45) is 0. The molecule has 2 rings (SSSR count). The van der Waals surface area contributed by atoms with Crippen LogP contribution in [0.15, 0.2) is 59.1 Å². The van der Waals surface area contributed by atoms with Gasteiger partial charge < -0.3 is 5.32 Å². The Kier molecular flexibility index (Phi) is 4.35. The molecule has 0 heterocycles. The summed E-state index contributed by atoms with van der Waals surface area (Å²) in [4.78, 5) is 0. The first-order chi connectivity index (χ1) is 8.25. The molecule has 0 amide bonds. The first-order valence-electron chi connectivity index (χ1n) is 5.88. The summed E-state index contributed by atoms with van der Waals surface area (Å²) in [5.41, 5.74) is 2.73. The van der Waals surface area contributed by atoms with E-state index in [1.165, 1.54) is 11.1 Å². The van der Waals surface area contributed by atoms with E-state index < -0.39 is 0 Å². The Bertz CT molecular complexity index is 467. The largest absolute Gasteiger partial charge is 0.337 e. The molecule has 2 heteroatoms. The molecule has 0 spiro atoms. The van der Waals surface area contributed by atoms with Gasteiger partial charge in [-0.1, -0.05) is 58.4 Å². The van der Waals surface area contributed by atoms with E-state index in [1.54, 1.807) is 0 Å². The molecule has 1 atom stereocenters. The number of hydrogen-bond acceptors (Lipinski definition) is 0. The van der Waals surface area contributed by atoms with Crippen molar-refractivity contribution in [2.45, 2.75) is 19.5 Å². The third kappa shape index (κ3) is 3.69. The summed E-state index contributed by atoms with van der Waals surface area (Å²) >= 11 is 3.50. The maximum absolute atomic E-state index is 3.50. The molecule has 0 bridgehead atoms. The zero-order valence-corrected chi connectivity index (χ0v) is 11.5. The average Bonchev–Trinajstić information content (AvgIpc) is 2.37.